The van der Waals surface area contributed by atoms with Crippen molar-refractivity contribution < 1.29 is 24.3 Å². The molecular weight excluding hydrogens is 444 g/mol. The molecule has 35 heavy (non-hydrogen) atoms. The first-order valence-electron chi connectivity index (χ1n) is 12.4. The van der Waals surface area contributed by atoms with Gasteiger partial charge in [-0.05, 0) is 29.7 Å². The summed E-state index contributed by atoms with van der Waals surface area (Å²) in [4.78, 5) is 30.7. The summed E-state index contributed by atoms with van der Waals surface area (Å²) >= 11 is 0. The number of aliphatic hydroxyl groups excluding tert-OH is 2. The average Bonchev–Trinajstić information content (AvgIpc) is 3.23. The van der Waals surface area contributed by atoms with Crippen LogP contribution in [0.25, 0.3) is 0 Å². The molecule has 7 heteroatoms. The molecule has 0 saturated heterocycles. The number of benzene rings is 1. The molecule has 1 heterocycles. The zero-order chi connectivity index (χ0) is 25.2. The number of rotatable bonds is 7. The second-order valence-corrected chi connectivity index (χ2v) is 10.4. The molecular formula is C28H34N2O5. The maximum atomic E-state index is 13.3. The number of carbonyl (C=O) groups is 2. The first-order chi connectivity index (χ1) is 16.7. The van der Waals surface area contributed by atoms with Crippen LogP contribution in [-0.4, -0.2) is 45.3 Å². The molecule has 0 spiro atoms. The minimum absolute atomic E-state index is 0.00933. The monoisotopic (exact) mass is 478 g/mol. The minimum atomic E-state index is -0.335. The van der Waals surface area contributed by atoms with E-state index >= 15 is 0 Å². The summed E-state index contributed by atoms with van der Waals surface area (Å²) in [5, 5.41) is 24.9. The fourth-order valence-corrected chi connectivity index (χ4v) is 5.13. The zero-order valence-electron chi connectivity index (χ0n) is 20.7. The molecule has 2 aromatic rings. The molecule has 186 valence electrons. The van der Waals surface area contributed by atoms with Crippen molar-refractivity contribution in [2.45, 2.75) is 77.7 Å². The summed E-state index contributed by atoms with van der Waals surface area (Å²) in [7, 11) is 0. The van der Waals surface area contributed by atoms with Gasteiger partial charge in [-0.2, -0.15) is 0 Å². The predicted octanol–water partition coefficient (Wildman–Crippen LogP) is 4.93. The number of nitrogens with zero attached hydrogens (tertiary/aromatic N) is 2. The first-order valence-corrected chi connectivity index (χ1v) is 12.4. The van der Waals surface area contributed by atoms with Gasteiger partial charge in [0.25, 0.3) is 0 Å². The smallest absolute Gasteiger partial charge is 0.168 e. The molecule has 7 nitrogen and oxygen atoms in total. The summed E-state index contributed by atoms with van der Waals surface area (Å²) in [6, 6.07) is 9.50. The highest BCUT2D eigenvalue weighted by molar-refractivity contribution is 6.24. The van der Waals surface area contributed by atoms with Gasteiger partial charge in [-0.1, -0.05) is 56.3 Å². The quantitative estimate of drug-likeness (QED) is 0.431. The lowest BCUT2D eigenvalue weighted by molar-refractivity contribution is -0.116. The lowest BCUT2D eigenvalue weighted by Gasteiger charge is -2.27. The van der Waals surface area contributed by atoms with E-state index in [-0.39, 0.29) is 59.7 Å². The molecule has 1 aromatic carbocycles. The van der Waals surface area contributed by atoms with Crippen LogP contribution < -0.4 is 0 Å². The van der Waals surface area contributed by atoms with Crippen LogP contribution in [0.3, 0.4) is 0 Å². The Morgan fingerprint density at radius 2 is 1.91 bits per heavy atom. The van der Waals surface area contributed by atoms with Crippen molar-refractivity contribution in [3.8, 4) is 0 Å². The van der Waals surface area contributed by atoms with Gasteiger partial charge < -0.3 is 14.7 Å². The molecule has 1 aromatic heterocycles. The van der Waals surface area contributed by atoms with E-state index < -0.39 is 0 Å². The molecule has 0 amide bonds. The second-order valence-electron chi connectivity index (χ2n) is 10.4. The second kappa shape index (κ2) is 10.3. The van der Waals surface area contributed by atoms with E-state index in [2.05, 4.69) is 10.1 Å². The number of ketones is 2. The maximum Gasteiger partial charge on any atom is 0.168 e. The average molecular weight is 479 g/mol. The van der Waals surface area contributed by atoms with Gasteiger partial charge in [0.2, 0.25) is 0 Å². The molecule has 2 aliphatic carbocycles. The Bertz CT molecular complexity index is 1160. The molecule has 4 rings (SSSR count). The van der Waals surface area contributed by atoms with Crippen molar-refractivity contribution >= 4 is 17.3 Å². The Morgan fingerprint density at radius 1 is 1.17 bits per heavy atom. The topological polar surface area (TPSA) is 113 Å². The molecule has 2 aliphatic rings. The van der Waals surface area contributed by atoms with E-state index in [9.17, 15) is 19.8 Å². The van der Waals surface area contributed by atoms with Crippen LogP contribution in [0, 0.1) is 5.41 Å². The van der Waals surface area contributed by atoms with Crippen molar-refractivity contribution in [3.63, 3.8) is 0 Å². The minimum Gasteiger partial charge on any atom is -0.511 e. The lowest BCUT2D eigenvalue weighted by Crippen LogP contribution is -2.28. The third-order valence-corrected chi connectivity index (χ3v) is 7.01. The lowest BCUT2D eigenvalue weighted by atomic mass is 9.76. The molecule has 2 unspecified atom stereocenters. The summed E-state index contributed by atoms with van der Waals surface area (Å²) in [6.45, 7) is 5.86. The number of aliphatic hydroxyl groups is 2. The molecule has 1 saturated carbocycles. The summed E-state index contributed by atoms with van der Waals surface area (Å²) in [5.74, 6) is 0.375. The number of carbonyl (C=O) groups excluding carboxylic acids is 2. The zero-order valence-corrected chi connectivity index (χ0v) is 20.7. The van der Waals surface area contributed by atoms with Crippen LogP contribution in [0.2, 0.25) is 0 Å². The number of aliphatic imine (C=N–C) groups is 1. The van der Waals surface area contributed by atoms with Gasteiger partial charge in [-0.25, -0.2) is 0 Å². The highest BCUT2D eigenvalue weighted by Crippen LogP contribution is 2.37. The summed E-state index contributed by atoms with van der Waals surface area (Å²) in [6.07, 6.45) is 2.94. The van der Waals surface area contributed by atoms with E-state index in [0.29, 0.717) is 54.8 Å². The third-order valence-electron chi connectivity index (χ3n) is 7.01. The summed E-state index contributed by atoms with van der Waals surface area (Å²) in [5.41, 5.74) is 2.73. The number of Topliss-reactive ketones (excluding diaryl/α,β-unsaturated/α-hetero) is 2. The third kappa shape index (κ3) is 5.45. The Kier molecular flexibility index (Phi) is 7.36. The van der Waals surface area contributed by atoms with Crippen LogP contribution in [-0.2, 0) is 17.6 Å². The van der Waals surface area contributed by atoms with Gasteiger partial charge in [-0.3, -0.25) is 14.6 Å². The largest absolute Gasteiger partial charge is 0.511 e. The van der Waals surface area contributed by atoms with Gasteiger partial charge in [0.1, 0.15) is 11.5 Å². The van der Waals surface area contributed by atoms with Crippen LogP contribution >= 0.6 is 0 Å². The van der Waals surface area contributed by atoms with Crippen molar-refractivity contribution in [1.29, 1.82) is 0 Å². The van der Waals surface area contributed by atoms with E-state index in [4.69, 9.17) is 4.52 Å². The Morgan fingerprint density at radius 3 is 2.60 bits per heavy atom. The Balaban J connectivity index is 1.60. The van der Waals surface area contributed by atoms with E-state index in [1.165, 1.54) is 0 Å². The molecule has 0 aliphatic heterocycles. The van der Waals surface area contributed by atoms with Crippen LogP contribution in [0.5, 0.6) is 0 Å². The fraction of sp³-hybridized carbons (Fsp3) is 0.500. The number of fused-ring (bicyclic) bond motifs is 1. The molecule has 0 radical (unpaired) electrons. The standard InChI is InChI=1S/C28H34N2O5/c1-4-19(16-31)29-21-12-18(17-8-6-5-7-9-17)13-23(33)26(21)22(32)11-10-20-27-24(34)14-28(2,3)15-25(27)35-30-20/h5-9,18-19,31-32H,4,10-16H2,1-3H3/b26-22-,29-21?. The number of hydrogen-bond acceptors (Lipinski definition) is 7. The van der Waals surface area contributed by atoms with Crippen molar-refractivity contribution in [1.82, 2.24) is 5.16 Å². The number of hydrogen-bond donors (Lipinski definition) is 2. The maximum absolute atomic E-state index is 13.3. The predicted molar refractivity (Wildman–Crippen MR) is 133 cm³/mol. The number of aryl methyl sites for hydroxylation is 1. The van der Waals surface area contributed by atoms with Crippen molar-refractivity contribution in [2.24, 2.45) is 10.4 Å². The van der Waals surface area contributed by atoms with Gasteiger partial charge in [0, 0.05) is 32.1 Å². The molecule has 0 bridgehead atoms. The number of aromatic nitrogens is 1. The van der Waals surface area contributed by atoms with Crippen LogP contribution in [0.1, 0.15) is 86.2 Å². The van der Waals surface area contributed by atoms with Crippen molar-refractivity contribution in [3.05, 3.63) is 64.2 Å². The Labute approximate surface area is 205 Å². The van der Waals surface area contributed by atoms with Crippen molar-refractivity contribution in [2.75, 3.05) is 6.61 Å². The molecule has 2 atom stereocenters. The highest BCUT2D eigenvalue weighted by atomic mass is 16.5. The fourth-order valence-electron chi connectivity index (χ4n) is 5.13. The summed E-state index contributed by atoms with van der Waals surface area (Å²) < 4.78 is 5.47. The van der Waals surface area contributed by atoms with E-state index in [1.54, 1.807) is 0 Å². The van der Waals surface area contributed by atoms with E-state index in [1.807, 2.05) is 51.1 Å². The number of allylic oxidation sites excluding steroid dienone is 2. The van der Waals surface area contributed by atoms with Gasteiger partial charge >= 0.3 is 0 Å². The molecule has 1 fully saturated rings. The highest BCUT2D eigenvalue weighted by Gasteiger charge is 2.37. The van der Waals surface area contributed by atoms with Gasteiger partial charge in [0.05, 0.1) is 35.2 Å². The molecule has 2 N–H and O–H groups in total. The first kappa shape index (κ1) is 25.0. The van der Waals surface area contributed by atoms with E-state index in [0.717, 1.165) is 5.56 Å². The van der Waals surface area contributed by atoms with Gasteiger partial charge in [-0.15, -0.1) is 0 Å². The van der Waals surface area contributed by atoms with Crippen LogP contribution in [0.4, 0.5) is 0 Å². The normalized spacial score (nSPS) is 23.3. The SMILES string of the molecule is CCC(CO)N=C1CC(c2ccccc2)CC(=O)/C1=C(\O)CCc1noc2c1C(=O)CC(C)(C)C2. The van der Waals surface area contributed by atoms with Gasteiger partial charge in [0.15, 0.2) is 11.6 Å². The Hall–Kier alpha value is -3.06. The van der Waals surface area contributed by atoms with Crippen LogP contribution in [0.15, 0.2) is 51.2 Å².